The number of rotatable bonds is 4. The maximum atomic E-state index is 14.6. The van der Waals surface area contributed by atoms with E-state index in [-0.39, 0.29) is 16.5 Å². The fourth-order valence-corrected chi connectivity index (χ4v) is 3.84. The summed E-state index contributed by atoms with van der Waals surface area (Å²) < 4.78 is 41.2. The van der Waals surface area contributed by atoms with Gasteiger partial charge in [0.15, 0.2) is 0 Å². The second-order valence-corrected chi connectivity index (χ2v) is 7.61. The molecule has 132 valence electrons. The third-order valence-corrected chi connectivity index (χ3v) is 5.71. The first-order valence-corrected chi connectivity index (χ1v) is 9.23. The summed E-state index contributed by atoms with van der Waals surface area (Å²) in [6.45, 7) is 0.362. The Morgan fingerprint density at radius 1 is 1.24 bits per heavy atom. The molecule has 1 atom stereocenters. The molecule has 0 aromatic heterocycles. The number of benzene rings is 2. The number of carbonyl (C=O) groups excluding carboxylic acids is 1. The van der Waals surface area contributed by atoms with E-state index in [0.717, 1.165) is 0 Å². The summed E-state index contributed by atoms with van der Waals surface area (Å²) >= 11 is 0. The van der Waals surface area contributed by atoms with Crippen LogP contribution < -0.4 is 15.4 Å². The Labute approximate surface area is 145 Å². The van der Waals surface area contributed by atoms with E-state index in [1.165, 1.54) is 30.1 Å². The van der Waals surface area contributed by atoms with Crippen molar-refractivity contribution in [3.8, 4) is 11.1 Å². The van der Waals surface area contributed by atoms with Gasteiger partial charge in [-0.3, -0.25) is 4.79 Å². The highest BCUT2D eigenvalue weighted by molar-refractivity contribution is 7.89. The molecular formula is C17H18FN3O3S. The van der Waals surface area contributed by atoms with E-state index in [4.69, 9.17) is 5.73 Å². The number of nitrogens with two attached hydrogens (primary N) is 1. The van der Waals surface area contributed by atoms with Gasteiger partial charge in [0.25, 0.3) is 0 Å². The first kappa shape index (κ1) is 17.5. The van der Waals surface area contributed by atoms with Gasteiger partial charge < -0.3 is 10.6 Å². The van der Waals surface area contributed by atoms with Gasteiger partial charge >= 0.3 is 0 Å². The number of anilines is 1. The minimum atomic E-state index is -3.69. The van der Waals surface area contributed by atoms with E-state index in [1.54, 1.807) is 24.3 Å². The van der Waals surface area contributed by atoms with Crippen LogP contribution in [-0.2, 0) is 14.8 Å². The van der Waals surface area contributed by atoms with Gasteiger partial charge in [-0.15, -0.1) is 0 Å². The van der Waals surface area contributed by atoms with Gasteiger partial charge in [-0.25, -0.2) is 17.5 Å². The largest absolute Gasteiger partial charge is 0.320 e. The summed E-state index contributed by atoms with van der Waals surface area (Å²) in [6, 6.07) is 10.0. The normalized spacial score (nSPS) is 18.0. The first-order valence-electron chi connectivity index (χ1n) is 7.74. The fourth-order valence-electron chi connectivity index (χ4n) is 2.88. The first-order chi connectivity index (χ1) is 11.8. The highest BCUT2D eigenvalue weighted by Crippen LogP contribution is 2.32. The van der Waals surface area contributed by atoms with Crippen LogP contribution in [0.15, 0.2) is 47.4 Å². The topological polar surface area (TPSA) is 92.5 Å². The van der Waals surface area contributed by atoms with Crippen LogP contribution in [0.25, 0.3) is 11.1 Å². The van der Waals surface area contributed by atoms with Crippen molar-refractivity contribution < 1.29 is 17.6 Å². The molecule has 0 unspecified atom stereocenters. The number of nitrogens with zero attached hydrogens (tertiary/aromatic N) is 1. The van der Waals surface area contributed by atoms with Gasteiger partial charge in [-0.1, -0.05) is 24.3 Å². The van der Waals surface area contributed by atoms with Crippen molar-refractivity contribution in [3.63, 3.8) is 0 Å². The lowest BCUT2D eigenvalue weighted by Crippen LogP contribution is -2.34. The average molecular weight is 363 g/mol. The van der Waals surface area contributed by atoms with Crippen molar-refractivity contribution in [1.29, 1.82) is 0 Å². The Morgan fingerprint density at radius 3 is 2.56 bits per heavy atom. The van der Waals surface area contributed by atoms with Crippen molar-refractivity contribution in [2.75, 3.05) is 18.5 Å². The van der Waals surface area contributed by atoms with Crippen LogP contribution in [0.4, 0.5) is 10.1 Å². The number of halogens is 1. The Bertz CT molecular complexity index is 930. The summed E-state index contributed by atoms with van der Waals surface area (Å²) in [6.07, 6.45) is 0.475. The van der Waals surface area contributed by atoms with Crippen molar-refractivity contribution in [3.05, 3.63) is 48.3 Å². The van der Waals surface area contributed by atoms with Gasteiger partial charge in [0, 0.05) is 12.1 Å². The van der Waals surface area contributed by atoms with E-state index in [1.807, 2.05) is 0 Å². The fraction of sp³-hybridized carbons (Fsp3) is 0.235. The van der Waals surface area contributed by atoms with Gasteiger partial charge in [0.2, 0.25) is 15.9 Å². The average Bonchev–Trinajstić information content (AvgIpc) is 2.94. The lowest BCUT2D eigenvalue weighted by atomic mass is 10.0. The van der Waals surface area contributed by atoms with Gasteiger partial charge in [-0.2, -0.15) is 0 Å². The number of carbonyl (C=O) groups is 1. The zero-order valence-electron chi connectivity index (χ0n) is 13.6. The lowest BCUT2D eigenvalue weighted by Gasteiger charge is -2.18. The standard InChI is InChI=1S/C17H18FN3O3S/c1-20-25(23,24)16-5-3-2-4-12(16)11-6-7-15(13(18)10-11)21-9-8-14(19)17(21)22/h2-7,10,14,20H,8-9,19H2,1H3/t14-/m0/s1. The zero-order valence-corrected chi connectivity index (χ0v) is 14.4. The molecule has 2 aromatic rings. The van der Waals surface area contributed by atoms with E-state index in [2.05, 4.69) is 4.72 Å². The number of amides is 1. The minimum absolute atomic E-state index is 0.0592. The van der Waals surface area contributed by atoms with Crippen LogP contribution in [0.5, 0.6) is 0 Å². The zero-order chi connectivity index (χ0) is 18.2. The predicted molar refractivity (Wildman–Crippen MR) is 93.0 cm³/mol. The molecule has 1 amide bonds. The quantitative estimate of drug-likeness (QED) is 0.860. The van der Waals surface area contributed by atoms with Gasteiger partial charge in [0.05, 0.1) is 16.6 Å². The smallest absolute Gasteiger partial charge is 0.244 e. The second-order valence-electron chi connectivity index (χ2n) is 5.75. The predicted octanol–water partition coefficient (Wildman–Crippen LogP) is 1.46. The molecule has 1 aliphatic heterocycles. The summed E-state index contributed by atoms with van der Waals surface area (Å²) in [5.74, 6) is -0.915. The molecule has 0 saturated carbocycles. The Morgan fingerprint density at radius 2 is 1.96 bits per heavy atom. The Hall–Kier alpha value is -2.29. The van der Waals surface area contributed by atoms with Crippen LogP contribution in [0.3, 0.4) is 0 Å². The molecule has 2 aromatic carbocycles. The van der Waals surface area contributed by atoms with Crippen molar-refractivity contribution in [1.82, 2.24) is 4.72 Å². The van der Waals surface area contributed by atoms with Gasteiger partial charge in [0.1, 0.15) is 5.82 Å². The molecule has 1 heterocycles. The number of sulfonamides is 1. The molecule has 0 radical (unpaired) electrons. The van der Waals surface area contributed by atoms with Crippen molar-refractivity contribution in [2.45, 2.75) is 17.4 Å². The summed E-state index contributed by atoms with van der Waals surface area (Å²) in [5.41, 5.74) is 6.61. The molecule has 0 bridgehead atoms. The van der Waals surface area contributed by atoms with E-state index in [9.17, 15) is 17.6 Å². The summed E-state index contributed by atoms with van der Waals surface area (Å²) in [5, 5.41) is 0. The van der Waals surface area contributed by atoms with Crippen LogP contribution in [0, 0.1) is 5.82 Å². The SMILES string of the molecule is CNS(=O)(=O)c1ccccc1-c1ccc(N2CC[C@H](N)C2=O)c(F)c1. The molecule has 0 spiro atoms. The van der Waals surface area contributed by atoms with Crippen LogP contribution in [0.2, 0.25) is 0 Å². The summed E-state index contributed by atoms with van der Waals surface area (Å²) in [7, 11) is -2.37. The molecule has 25 heavy (non-hydrogen) atoms. The van der Waals surface area contributed by atoms with Crippen LogP contribution in [-0.4, -0.2) is 34.0 Å². The van der Waals surface area contributed by atoms with Crippen LogP contribution >= 0.6 is 0 Å². The van der Waals surface area contributed by atoms with Gasteiger partial charge in [-0.05, 0) is 37.2 Å². The maximum Gasteiger partial charge on any atom is 0.244 e. The Kier molecular flexibility index (Phi) is 4.59. The maximum absolute atomic E-state index is 14.6. The Balaban J connectivity index is 2.05. The monoisotopic (exact) mass is 363 g/mol. The van der Waals surface area contributed by atoms with E-state index in [0.29, 0.717) is 24.1 Å². The second kappa shape index (κ2) is 6.55. The molecule has 3 N–H and O–H groups in total. The number of hydrogen-bond acceptors (Lipinski definition) is 4. The minimum Gasteiger partial charge on any atom is -0.320 e. The van der Waals surface area contributed by atoms with E-state index < -0.39 is 21.9 Å². The number of nitrogens with one attached hydrogen (secondary N) is 1. The third kappa shape index (κ3) is 3.15. The van der Waals surface area contributed by atoms with Crippen LogP contribution in [0.1, 0.15) is 6.42 Å². The molecule has 1 aliphatic rings. The number of hydrogen-bond donors (Lipinski definition) is 2. The van der Waals surface area contributed by atoms with Crippen molar-refractivity contribution >= 4 is 21.6 Å². The molecule has 0 aliphatic carbocycles. The highest BCUT2D eigenvalue weighted by atomic mass is 32.2. The molecular weight excluding hydrogens is 345 g/mol. The highest BCUT2D eigenvalue weighted by Gasteiger charge is 2.31. The third-order valence-electron chi connectivity index (χ3n) is 4.24. The van der Waals surface area contributed by atoms with Crippen molar-refractivity contribution in [2.24, 2.45) is 5.73 Å². The molecule has 6 nitrogen and oxygen atoms in total. The molecule has 1 saturated heterocycles. The summed E-state index contributed by atoms with van der Waals surface area (Å²) in [4.78, 5) is 13.4. The molecule has 3 rings (SSSR count). The molecule has 1 fully saturated rings. The lowest BCUT2D eigenvalue weighted by molar-refractivity contribution is -0.118. The van der Waals surface area contributed by atoms with E-state index >= 15 is 0 Å². The molecule has 8 heteroatoms.